The fourth-order valence-corrected chi connectivity index (χ4v) is 2.01. The summed E-state index contributed by atoms with van der Waals surface area (Å²) in [5.41, 5.74) is 1.33. The van der Waals surface area contributed by atoms with Gasteiger partial charge in [0, 0.05) is 17.9 Å². The SMILES string of the molecule is CCC(C)Nc1ccc(C(=O)Nc2cccc(C(=O)OC)c2)cn1. The molecule has 6 nitrogen and oxygen atoms in total. The zero-order valence-corrected chi connectivity index (χ0v) is 14.0. The van der Waals surface area contributed by atoms with Crippen molar-refractivity contribution in [3.8, 4) is 0 Å². The number of ether oxygens (including phenoxy) is 1. The number of methoxy groups -OCH3 is 1. The summed E-state index contributed by atoms with van der Waals surface area (Å²) in [5, 5.41) is 5.98. The summed E-state index contributed by atoms with van der Waals surface area (Å²) >= 11 is 0. The second-order valence-electron chi connectivity index (χ2n) is 5.41. The first-order chi connectivity index (χ1) is 11.5. The predicted octanol–water partition coefficient (Wildman–Crippen LogP) is 3.33. The van der Waals surface area contributed by atoms with Gasteiger partial charge in [-0.1, -0.05) is 13.0 Å². The average molecular weight is 327 g/mol. The number of anilines is 2. The lowest BCUT2D eigenvalue weighted by Gasteiger charge is -2.12. The summed E-state index contributed by atoms with van der Waals surface area (Å²) in [6, 6.07) is 10.4. The van der Waals surface area contributed by atoms with Crippen LogP contribution in [0.1, 0.15) is 41.0 Å². The number of nitrogens with zero attached hydrogens (tertiary/aromatic N) is 1. The smallest absolute Gasteiger partial charge is 0.337 e. The summed E-state index contributed by atoms with van der Waals surface area (Å²) in [6.07, 6.45) is 2.50. The van der Waals surface area contributed by atoms with Gasteiger partial charge in [0.25, 0.3) is 5.91 Å². The molecule has 0 saturated carbocycles. The Labute approximate surface area is 141 Å². The third-order valence-electron chi connectivity index (χ3n) is 3.57. The van der Waals surface area contributed by atoms with E-state index >= 15 is 0 Å². The van der Waals surface area contributed by atoms with Crippen molar-refractivity contribution in [1.82, 2.24) is 4.98 Å². The molecule has 0 saturated heterocycles. The lowest BCUT2D eigenvalue weighted by atomic mass is 10.2. The van der Waals surface area contributed by atoms with E-state index in [-0.39, 0.29) is 5.91 Å². The number of esters is 1. The Morgan fingerprint density at radius 2 is 2.00 bits per heavy atom. The Balaban J connectivity index is 2.06. The maximum Gasteiger partial charge on any atom is 0.337 e. The van der Waals surface area contributed by atoms with Crippen molar-refractivity contribution in [3.05, 3.63) is 53.7 Å². The van der Waals surface area contributed by atoms with Gasteiger partial charge in [-0.15, -0.1) is 0 Å². The van der Waals surface area contributed by atoms with E-state index in [0.29, 0.717) is 22.9 Å². The van der Waals surface area contributed by atoms with Crippen LogP contribution in [0.4, 0.5) is 11.5 Å². The van der Waals surface area contributed by atoms with Crippen LogP contribution < -0.4 is 10.6 Å². The van der Waals surface area contributed by atoms with Crippen molar-refractivity contribution in [2.45, 2.75) is 26.3 Å². The van der Waals surface area contributed by atoms with Gasteiger partial charge in [0.05, 0.1) is 18.2 Å². The third kappa shape index (κ3) is 4.55. The van der Waals surface area contributed by atoms with Gasteiger partial charge in [0.2, 0.25) is 0 Å². The maximum absolute atomic E-state index is 12.3. The van der Waals surface area contributed by atoms with E-state index in [1.807, 2.05) is 0 Å². The Kier molecular flexibility index (Phi) is 5.89. The van der Waals surface area contributed by atoms with Crippen LogP contribution in [0.25, 0.3) is 0 Å². The van der Waals surface area contributed by atoms with Gasteiger partial charge in [-0.2, -0.15) is 0 Å². The standard InChI is InChI=1S/C18H21N3O3/c1-4-12(2)20-16-9-8-14(11-19-16)17(22)21-15-7-5-6-13(10-15)18(23)24-3/h5-12H,4H2,1-3H3,(H,19,20)(H,21,22). The lowest BCUT2D eigenvalue weighted by molar-refractivity contribution is 0.0600. The third-order valence-corrected chi connectivity index (χ3v) is 3.57. The molecule has 2 rings (SSSR count). The van der Waals surface area contributed by atoms with Crippen molar-refractivity contribution in [1.29, 1.82) is 0 Å². The minimum absolute atomic E-state index is 0.292. The molecule has 1 amide bonds. The number of carbonyl (C=O) groups excluding carboxylic acids is 2. The van der Waals surface area contributed by atoms with Crippen molar-refractivity contribution >= 4 is 23.4 Å². The van der Waals surface area contributed by atoms with E-state index in [1.165, 1.54) is 13.3 Å². The number of amides is 1. The van der Waals surface area contributed by atoms with E-state index < -0.39 is 5.97 Å². The fourth-order valence-electron chi connectivity index (χ4n) is 2.01. The van der Waals surface area contributed by atoms with Crippen LogP contribution in [-0.4, -0.2) is 30.0 Å². The molecule has 0 aliphatic heterocycles. The molecule has 1 aromatic carbocycles. The molecule has 2 aromatic rings. The Hall–Kier alpha value is -2.89. The molecule has 2 N–H and O–H groups in total. The number of benzene rings is 1. The molecule has 1 atom stereocenters. The number of rotatable bonds is 6. The Bertz CT molecular complexity index is 714. The number of hydrogen-bond donors (Lipinski definition) is 2. The highest BCUT2D eigenvalue weighted by Crippen LogP contribution is 2.14. The van der Waals surface area contributed by atoms with E-state index in [0.717, 1.165) is 12.2 Å². The Morgan fingerprint density at radius 1 is 1.21 bits per heavy atom. The lowest BCUT2D eigenvalue weighted by Crippen LogP contribution is -2.16. The summed E-state index contributed by atoms with van der Waals surface area (Å²) in [7, 11) is 1.31. The molecule has 126 valence electrons. The summed E-state index contributed by atoms with van der Waals surface area (Å²) in [6.45, 7) is 4.15. The number of aromatic nitrogens is 1. The van der Waals surface area contributed by atoms with Crippen LogP contribution >= 0.6 is 0 Å². The molecule has 0 bridgehead atoms. The number of carbonyl (C=O) groups is 2. The highest BCUT2D eigenvalue weighted by molar-refractivity contribution is 6.04. The number of pyridine rings is 1. The average Bonchev–Trinajstić information content (AvgIpc) is 2.61. The number of hydrogen-bond acceptors (Lipinski definition) is 5. The minimum atomic E-state index is -0.451. The molecule has 0 fully saturated rings. The van der Waals surface area contributed by atoms with Gasteiger partial charge in [-0.25, -0.2) is 9.78 Å². The van der Waals surface area contributed by atoms with E-state index in [1.54, 1.807) is 36.4 Å². The fraction of sp³-hybridized carbons (Fsp3) is 0.278. The minimum Gasteiger partial charge on any atom is -0.465 e. The van der Waals surface area contributed by atoms with Crippen molar-refractivity contribution in [3.63, 3.8) is 0 Å². The molecule has 0 radical (unpaired) electrons. The van der Waals surface area contributed by atoms with Gasteiger partial charge in [0.15, 0.2) is 0 Å². The Morgan fingerprint density at radius 3 is 2.62 bits per heavy atom. The normalized spacial score (nSPS) is 11.5. The van der Waals surface area contributed by atoms with E-state index in [4.69, 9.17) is 0 Å². The van der Waals surface area contributed by atoms with Crippen molar-refractivity contribution < 1.29 is 14.3 Å². The molecule has 6 heteroatoms. The molecule has 1 aromatic heterocycles. The second-order valence-corrected chi connectivity index (χ2v) is 5.41. The van der Waals surface area contributed by atoms with Gasteiger partial charge in [-0.3, -0.25) is 4.79 Å². The first kappa shape index (κ1) is 17.5. The van der Waals surface area contributed by atoms with Gasteiger partial charge >= 0.3 is 5.97 Å². The molecule has 1 unspecified atom stereocenters. The van der Waals surface area contributed by atoms with E-state index in [2.05, 4.69) is 34.2 Å². The zero-order valence-electron chi connectivity index (χ0n) is 14.0. The summed E-state index contributed by atoms with van der Waals surface area (Å²) < 4.78 is 4.67. The van der Waals surface area contributed by atoms with Crippen LogP contribution in [0, 0.1) is 0 Å². The van der Waals surface area contributed by atoms with Crippen LogP contribution in [-0.2, 0) is 4.74 Å². The van der Waals surface area contributed by atoms with Crippen molar-refractivity contribution in [2.24, 2.45) is 0 Å². The highest BCUT2D eigenvalue weighted by Gasteiger charge is 2.10. The van der Waals surface area contributed by atoms with Gasteiger partial charge in [-0.05, 0) is 43.7 Å². The predicted molar refractivity (Wildman–Crippen MR) is 93.3 cm³/mol. The topological polar surface area (TPSA) is 80.3 Å². The molecule has 0 aliphatic rings. The quantitative estimate of drug-likeness (QED) is 0.796. The highest BCUT2D eigenvalue weighted by atomic mass is 16.5. The van der Waals surface area contributed by atoms with Gasteiger partial charge in [0.1, 0.15) is 5.82 Å². The second kappa shape index (κ2) is 8.10. The molecule has 1 heterocycles. The number of nitrogens with one attached hydrogen (secondary N) is 2. The molecule has 0 aliphatic carbocycles. The zero-order chi connectivity index (χ0) is 17.5. The monoisotopic (exact) mass is 327 g/mol. The van der Waals surface area contributed by atoms with Crippen LogP contribution in [0.3, 0.4) is 0 Å². The molecular formula is C18H21N3O3. The first-order valence-electron chi connectivity index (χ1n) is 7.75. The first-order valence-corrected chi connectivity index (χ1v) is 7.75. The van der Waals surface area contributed by atoms with Gasteiger partial charge < -0.3 is 15.4 Å². The van der Waals surface area contributed by atoms with E-state index in [9.17, 15) is 9.59 Å². The van der Waals surface area contributed by atoms with Crippen LogP contribution in [0.15, 0.2) is 42.6 Å². The van der Waals surface area contributed by atoms with Crippen molar-refractivity contribution in [2.75, 3.05) is 17.7 Å². The molecular weight excluding hydrogens is 306 g/mol. The maximum atomic E-state index is 12.3. The summed E-state index contributed by atoms with van der Waals surface area (Å²) in [4.78, 5) is 28.0. The largest absolute Gasteiger partial charge is 0.465 e. The van der Waals surface area contributed by atoms with Crippen LogP contribution in [0.5, 0.6) is 0 Å². The van der Waals surface area contributed by atoms with Crippen LogP contribution in [0.2, 0.25) is 0 Å². The summed E-state index contributed by atoms with van der Waals surface area (Å²) in [5.74, 6) is -0.0126. The molecule has 24 heavy (non-hydrogen) atoms. The molecule has 0 spiro atoms.